The molecule has 0 radical (unpaired) electrons. The number of nitrogens with zero attached hydrogens (tertiary/aromatic N) is 1. The molecule has 1 N–H and O–H groups in total. The lowest BCUT2D eigenvalue weighted by Crippen LogP contribution is -2.05. The van der Waals surface area contributed by atoms with E-state index in [0.717, 1.165) is 36.0 Å². The van der Waals surface area contributed by atoms with Crippen LogP contribution >= 0.6 is 11.3 Å². The van der Waals surface area contributed by atoms with E-state index < -0.39 is 11.6 Å². The number of halogens is 2. The molecule has 5 heteroatoms. The molecule has 2 nitrogen and oxygen atoms in total. The molecule has 0 amide bonds. The third kappa shape index (κ3) is 3.36. The fraction of sp³-hybridized carbons (Fsp3) is 0.357. The molecule has 0 spiro atoms. The maximum atomic E-state index is 13.2. The number of hydrogen-bond donors (Lipinski definition) is 1. The Morgan fingerprint density at radius 3 is 2.47 bits per heavy atom. The lowest BCUT2D eigenvalue weighted by Gasteiger charge is -1.98. The molecule has 0 aliphatic carbocycles. The molecule has 19 heavy (non-hydrogen) atoms. The van der Waals surface area contributed by atoms with Gasteiger partial charge in [0, 0.05) is 23.1 Å². The van der Waals surface area contributed by atoms with Crippen molar-refractivity contribution >= 4 is 11.3 Å². The minimum Gasteiger partial charge on any atom is -0.315 e. The number of aromatic nitrogens is 1. The van der Waals surface area contributed by atoms with Crippen molar-refractivity contribution < 1.29 is 8.78 Å². The summed E-state index contributed by atoms with van der Waals surface area (Å²) < 4.78 is 26.5. The van der Waals surface area contributed by atoms with Gasteiger partial charge in [0.05, 0.1) is 5.69 Å². The lowest BCUT2D eigenvalue weighted by atomic mass is 10.2. The van der Waals surface area contributed by atoms with Crippen LogP contribution in [-0.4, -0.2) is 12.0 Å². The predicted molar refractivity (Wildman–Crippen MR) is 74.2 cm³/mol. The van der Waals surface area contributed by atoms with Gasteiger partial charge in [-0.2, -0.15) is 0 Å². The summed E-state index contributed by atoms with van der Waals surface area (Å²) in [4.78, 5) is 5.64. The largest absolute Gasteiger partial charge is 0.315 e. The van der Waals surface area contributed by atoms with Crippen LogP contribution in [0, 0.1) is 11.6 Å². The van der Waals surface area contributed by atoms with Crippen molar-refractivity contribution in [2.24, 2.45) is 0 Å². The average Bonchev–Trinajstić information content (AvgIpc) is 2.72. The van der Waals surface area contributed by atoms with Crippen LogP contribution in [0.15, 0.2) is 18.2 Å². The molecule has 0 aliphatic rings. The Bertz CT molecular complexity index is 523. The normalized spacial score (nSPS) is 10.9. The first kappa shape index (κ1) is 14.1. The van der Waals surface area contributed by atoms with Gasteiger partial charge in [-0.15, -0.1) is 11.3 Å². The third-order valence-electron chi connectivity index (χ3n) is 2.71. The average molecular weight is 282 g/mol. The van der Waals surface area contributed by atoms with Crippen LogP contribution in [0.3, 0.4) is 0 Å². The Morgan fingerprint density at radius 1 is 1.21 bits per heavy atom. The van der Waals surface area contributed by atoms with E-state index in [1.807, 2.05) is 7.05 Å². The summed E-state index contributed by atoms with van der Waals surface area (Å²) >= 11 is 1.49. The van der Waals surface area contributed by atoms with Gasteiger partial charge in [0.25, 0.3) is 0 Å². The Labute approximate surface area is 115 Å². The molecule has 0 fully saturated rings. The number of rotatable bonds is 5. The summed E-state index contributed by atoms with van der Waals surface area (Å²) in [7, 11) is 1.87. The van der Waals surface area contributed by atoms with Crippen molar-refractivity contribution in [1.82, 2.24) is 10.3 Å². The summed E-state index contributed by atoms with van der Waals surface area (Å²) in [5.41, 5.74) is 1.52. The van der Waals surface area contributed by atoms with Crippen LogP contribution in [0.1, 0.15) is 23.9 Å². The molecule has 0 atom stereocenters. The highest BCUT2D eigenvalue weighted by Gasteiger charge is 2.13. The summed E-state index contributed by atoms with van der Waals surface area (Å²) in [5.74, 6) is -1.14. The number of benzene rings is 1. The molecule has 0 bridgehead atoms. The van der Waals surface area contributed by atoms with Crippen molar-refractivity contribution in [3.63, 3.8) is 0 Å². The predicted octanol–water partition coefficient (Wildman–Crippen LogP) is 3.76. The first-order valence-corrected chi connectivity index (χ1v) is 7.05. The van der Waals surface area contributed by atoms with Crippen LogP contribution < -0.4 is 5.32 Å². The van der Waals surface area contributed by atoms with E-state index in [1.165, 1.54) is 23.5 Å². The highest BCUT2D eigenvalue weighted by molar-refractivity contribution is 7.15. The molecule has 1 aromatic heterocycles. The lowest BCUT2D eigenvalue weighted by molar-refractivity contribution is 0.584. The van der Waals surface area contributed by atoms with Gasteiger partial charge in [0.2, 0.25) is 0 Å². The summed E-state index contributed by atoms with van der Waals surface area (Å²) in [6.45, 7) is 2.81. The van der Waals surface area contributed by atoms with Crippen LogP contribution in [0.25, 0.3) is 10.6 Å². The van der Waals surface area contributed by atoms with Gasteiger partial charge in [-0.1, -0.05) is 13.3 Å². The highest BCUT2D eigenvalue weighted by atomic mass is 32.1. The van der Waals surface area contributed by atoms with Crippen molar-refractivity contribution in [3.05, 3.63) is 40.4 Å². The Balaban J connectivity index is 2.41. The molecule has 1 aromatic carbocycles. The molecule has 0 saturated carbocycles. The molecule has 0 aliphatic heterocycles. The van der Waals surface area contributed by atoms with Crippen LogP contribution in [0.2, 0.25) is 0 Å². The molecular formula is C14H16F2N2S. The zero-order chi connectivity index (χ0) is 13.8. The van der Waals surface area contributed by atoms with Gasteiger partial charge in [0.15, 0.2) is 0 Å². The maximum Gasteiger partial charge on any atom is 0.126 e. The highest BCUT2D eigenvalue weighted by Crippen LogP contribution is 2.29. The first-order valence-electron chi connectivity index (χ1n) is 6.23. The Hall–Kier alpha value is -1.33. The first-order chi connectivity index (χ1) is 9.13. The molecule has 0 unspecified atom stereocenters. The van der Waals surface area contributed by atoms with E-state index in [0.29, 0.717) is 10.6 Å². The van der Waals surface area contributed by atoms with E-state index in [2.05, 4.69) is 17.2 Å². The van der Waals surface area contributed by atoms with Crippen molar-refractivity contribution in [3.8, 4) is 10.6 Å². The Morgan fingerprint density at radius 2 is 1.89 bits per heavy atom. The summed E-state index contributed by atoms with van der Waals surface area (Å²) in [5, 5.41) is 3.77. The van der Waals surface area contributed by atoms with E-state index in [1.54, 1.807) is 0 Å². The topological polar surface area (TPSA) is 24.9 Å². The van der Waals surface area contributed by atoms with Gasteiger partial charge in [0.1, 0.15) is 16.6 Å². The van der Waals surface area contributed by atoms with Gasteiger partial charge in [-0.3, -0.25) is 0 Å². The van der Waals surface area contributed by atoms with Crippen molar-refractivity contribution in [2.45, 2.75) is 26.3 Å². The number of nitrogens with one attached hydrogen (secondary N) is 1. The van der Waals surface area contributed by atoms with Gasteiger partial charge in [-0.05, 0) is 25.6 Å². The quantitative estimate of drug-likeness (QED) is 0.903. The molecule has 2 aromatic rings. The second-order valence-electron chi connectivity index (χ2n) is 4.33. The third-order valence-corrected chi connectivity index (χ3v) is 3.86. The zero-order valence-corrected chi connectivity index (χ0v) is 11.8. The zero-order valence-electron chi connectivity index (χ0n) is 11.0. The Kier molecular flexibility index (Phi) is 4.61. The number of hydrogen-bond acceptors (Lipinski definition) is 3. The van der Waals surface area contributed by atoms with Crippen molar-refractivity contribution in [2.75, 3.05) is 7.05 Å². The second kappa shape index (κ2) is 6.21. The molecule has 1 heterocycles. The van der Waals surface area contributed by atoms with Gasteiger partial charge < -0.3 is 5.32 Å². The minimum atomic E-state index is -0.572. The van der Waals surface area contributed by atoms with Gasteiger partial charge >= 0.3 is 0 Å². The van der Waals surface area contributed by atoms with Crippen LogP contribution in [-0.2, 0) is 13.0 Å². The van der Waals surface area contributed by atoms with E-state index >= 15 is 0 Å². The molecule has 2 rings (SSSR count). The van der Waals surface area contributed by atoms with E-state index in [4.69, 9.17) is 0 Å². The minimum absolute atomic E-state index is 0.502. The van der Waals surface area contributed by atoms with Crippen LogP contribution in [0.4, 0.5) is 8.78 Å². The fourth-order valence-electron chi connectivity index (χ4n) is 1.91. The smallest absolute Gasteiger partial charge is 0.126 e. The van der Waals surface area contributed by atoms with E-state index in [9.17, 15) is 8.78 Å². The molecular weight excluding hydrogens is 266 g/mol. The fourth-order valence-corrected chi connectivity index (χ4v) is 3.02. The molecule has 102 valence electrons. The van der Waals surface area contributed by atoms with Crippen molar-refractivity contribution in [1.29, 1.82) is 0 Å². The standard InChI is InChI=1S/C14H16F2N2S/c1-3-4-12-13(8-17-2)19-14(18-12)9-5-10(15)7-11(16)6-9/h5-7,17H,3-4,8H2,1-2H3. The van der Waals surface area contributed by atoms with E-state index in [-0.39, 0.29) is 0 Å². The maximum absolute atomic E-state index is 13.2. The van der Waals surface area contributed by atoms with Crippen LogP contribution in [0.5, 0.6) is 0 Å². The number of thiazole rings is 1. The molecule has 0 saturated heterocycles. The monoisotopic (exact) mass is 282 g/mol. The van der Waals surface area contributed by atoms with Gasteiger partial charge in [-0.25, -0.2) is 13.8 Å². The summed E-state index contributed by atoms with van der Waals surface area (Å²) in [6.07, 6.45) is 1.88. The number of aryl methyl sites for hydroxylation is 1. The summed E-state index contributed by atoms with van der Waals surface area (Å²) in [6, 6.07) is 3.51. The second-order valence-corrected chi connectivity index (χ2v) is 5.41. The SMILES string of the molecule is CCCc1nc(-c2cc(F)cc(F)c2)sc1CNC.